The van der Waals surface area contributed by atoms with E-state index in [-0.39, 0.29) is 0 Å². The molecule has 6 heterocycles. The van der Waals surface area contributed by atoms with Gasteiger partial charge in [0.15, 0.2) is 11.3 Å². The minimum Gasteiger partial charge on any atom is -0.275 e. The van der Waals surface area contributed by atoms with E-state index in [1.165, 1.54) is 0 Å². The summed E-state index contributed by atoms with van der Waals surface area (Å²) in [4.78, 5) is 17.5. The Morgan fingerprint density at radius 3 is 2.16 bits per heavy atom. The highest BCUT2D eigenvalue weighted by atomic mass is 15.5. The van der Waals surface area contributed by atoms with Crippen LogP contribution in [0.4, 0.5) is 0 Å². The number of aromatic amines is 1. The lowest BCUT2D eigenvalue weighted by molar-refractivity contribution is 0.809. The number of hydrogen-bond acceptors (Lipinski definition) is 7. The number of hydrogen-bond donors (Lipinski definition) is 1. The predicted molar refractivity (Wildman–Crippen MR) is 113 cm³/mol. The van der Waals surface area contributed by atoms with Crippen LogP contribution in [0.15, 0.2) is 49.1 Å². The number of nitrogens with zero attached hydrogens (tertiary/aromatic N) is 9. The summed E-state index contributed by atoms with van der Waals surface area (Å²) in [7, 11) is 0. The maximum Gasteiger partial charge on any atom is 0.185 e. The van der Waals surface area contributed by atoms with E-state index in [4.69, 9.17) is 5.10 Å². The topological polar surface area (TPSA) is 115 Å². The van der Waals surface area contributed by atoms with Gasteiger partial charge in [-0.2, -0.15) is 4.63 Å². The van der Waals surface area contributed by atoms with Crippen molar-refractivity contribution in [3.8, 4) is 22.5 Å². The zero-order valence-corrected chi connectivity index (χ0v) is 16.7. The van der Waals surface area contributed by atoms with Crippen LogP contribution >= 0.6 is 0 Å². The molecule has 0 saturated heterocycles. The standard InChI is InChI=1S/C21H16N10/c1-12-24-20-16(18(28-30(20)26-12)14-3-7-22-8-4-14)11-17-19(15-5-9-23-10-6-15)29-31-21(17)25-13(2)27-31/h3-11,28H,1-2H3/b17-11-. The summed E-state index contributed by atoms with van der Waals surface area (Å²) in [5.74, 6) is 1.34. The number of pyridine rings is 2. The Kier molecular flexibility index (Phi) is 3.66. The highest BCUT2D eigenvalue weighted by Crippen LogP contribution is 2.26. The summed E-state index contributed by atoms with van der Waals surface area (Å²) in [5.41, 5.74) is 5.85. The zero-order valence-electron chi connectivity index (χ0n) is 16.7. The second-order valence-electron chi connectivity index (χ2n) is 7.15. The highest BCUT2D eigenvalue weighted by molar-refractivity contribution is 5.83. The second kappa shape index (κ2) is 6.52. The van der Waals surface area contributed by atoms with Crippen LogP contribution in [-0.4, -0.2) is 49.6 Å². The average Bonchev–Trinajstić information content (AvgIpc) is 3.50. The fraction of sp³-hybridized carbons (Fsp3) is 0.0952. The van der Waals surface area contributed by atoms with Gasteiger partial charge in [0.05, 0.1) is 10.9 Å². The first-order chi connectivity index (χ1) is 15.2. The Balaban J connectivity index is 1.71. The van der Waals surface area contributed by atoms with Crippen molar-refractivity contribution in [3.05, 3.63) is 71.5 Å². The minimum atomic E-state index is 0.658. The van der Waals surface area contributed by atoms with Crippen molar-refractivity contribution < 1.29 is 0 Å². The van der Waals surface area contributed by atoms with Crippen LogP contribution in [0, 0.1) is 13.8 Å². The molecule has 6 aromatic rings. The Morgan fingerprint density at radius 1 is 0.774 bits per heavy atom. The average molecular weight is 408 g/mol. The van der Waals surface area contributed by atoms with Crippen LogP contribution in [-0.2, 0) is 0 Å². The van der Waals surface area contributed by atoms with Gasteiger partial charge in [-0.15, -0.1) is 19.9 Å². The first-order valence-electron chi connectivity index (χ1n) is 9.68. The van der Waals surface area contributed by atoms with E-state index in [1.54, 1.807) is 34.0 Å². The third-order valence-corrected chi connectivity index (χ3v) is 5.04. The van der Waals surface area contributed by atoms with Gasteiger partial charge in [0.1, 0.15) is 17.3 Å². The van der Waals surface area contributed by atoms with Crippen molar-refractivity contribution in [2.75, 3.05) is 0 Å². The lowest BCUT2D eigenvalue weighted by Crippen LogP contribution is -2.04. The van der Waals surface area contributed by atoms with Gasteiger partial charge in [0.2, 0.25) is 0 Å². The third kappa shape index (κ3) is 2.76. The summed E-state index contributed by atoms with van der Waals surface area (Å²) >= 11 is 0. The van der Waals surface area contributed by atoms with Gasteiger partial charge >= 0.3 is 0 Å². The normalized spacial score (nSPS) is 12.4. The van der Waals surface area contributed by atoms with E-state index in [1.807, 2.05) is 44.2 Å². The molecule has 0 saturated carbocycles. The molecule has 0 fully saturated rings. The van der Waals surface area contributed by atoms with E-state index in [2.05, 4.69) is 35.2 Å². The molecule has 0 aliphatic carbocycles. The molecule has 150 valence electrons. The lowest BCUT2D eigenvalue weighted by atomic mass is 10.1. The first kappa shape index (κ1) is 17.4. The molecule has 0 unspecified atom stereocenters. The van der Waals surface area contributed by atoms with Crippen molar-refractivity contribution in [2.45, 2.75) is 13.8 Å². The van der Waals surface area contributed by atoms with Gasteiger partial charge in [-0.1, -0.05) is 0 Å². The maximum atomic E-state index is 4.69. The van der Waals surface area contributed by atoms with Crippen LogP contribution < -0.4 is 5.22 Å². The number of aryl methyl sites for hydroxylation is 2. The van der Waals surface area contributed by atoms with Crippen molar-refractivity contribution in [2.24, 2.45) is 0 Å². The summed E-state index contributed by atoms with van der Waals surface area (Å²) in [5, 5.41) is 17.7. The smallest absolute Gasteiger partial charge is 0.185 e. The van der Waals surface area contributed by atoms with Crippen molar-refractivity contribution in [1.82, 2.24) is 49.6 Å². The number of rotatable bonds is 3. The minimum absolute atomic E-state index is 0.658. The molecule has 1 N–H and O–H groups in total. The molecule has 6 rings (SSSR count). The van der Waals surface area contributed by atoms with Crippen LogP contribution in [0.3, 0.4) is 0 Å². The van der Waals surface area contributed by atoms with Gasteiger partial charge < -0.3 is 0 Å². The summed E-state index contributed by atoms with van der Waals surface area (Å²) in [6, 6.07) is 7.73. The Hall–Kier alpha value is -4.47. The first-order valence-corrected chi connectivity index (χ1v) is 9.68. The van der Waals surface area contributed by atoms with Gasteiger partial charge in [-0.25, -0.2) is 9.97 Å². The predicted octanol–water partition coefficient (Wildman–Crippen LogP) is 1.78. The molecule has 0 radical (unpaired) electrons. The van der Waals surface area contributed by atoms with Gasteiger partial charge in [-0.05, 0) is 44.2 Å². The van der Waals surface area contributed by atoms with Crippen molar-refractivity contribution in [3.63, 3.8) is 0 Å². The SMILES string of the molecule is Cc1nc2/c(=C\c3c(-c4ccncc4)[nH]n4nc(C)nc34)c(-c3ccncc3)nn2n1. The fourth-order valence-corrected chi connectivity index (χ4v) is 3.72. The van der Waals surface area contributed by atoms with E-state index in [0.717, 1.165) is 38.9 Å². The molecular formula is C21H16N10. The van der Waals surface area contributed by atoms with Gasteiger partial charge in [0, 0.05) is 41.5 Å². The van der Waals surface area contributed by atoms with Gasteiger partial charge in [-0.3, -0.25) is 15.1 Å². The van der Waals surface area contributed by atoms with E-state index in [0.29, 0.717) is 17.3 Å². The fourth-order valence-electron chi connectivity index (χ4n) is 3.72. The Bertz CT molecular complexity index is 1590. The quantitative estimate of drug-likeness (QED) is 0.475. The van der Waals surface area contributed by atoms with E-state index in [9.17, 15) is 0 Å². The van der Waals surface area contributed by atoms with Crippen LogP contribution in [0.25, 0.3) is 39.9 Å². The highest BCUT2D eigenvalue weighted by Gasteiger charge is 2.18. The molecule has 31 heavy (non-hydrogen) atoms. The summed E-state index contributed by atoms with van der Waals surface area (Å²) in [6.45, 7) is 3.71. The molecule has 0 aliphatic rings. The number of aromatic nitrogens is 10. The number of H-pyrrole nitrogens is 1. The third-order valence-electron chi connectivity index (χ3n) is 5.04. The molecule has 6 aromatic heterocycles. The molecular weight excluding hydrogens is 392 g/mol. The van der Waals surface area contributed by atoms with Gasteiger partial charge in [0.25, 0.3) is 0 Å². The second-order valence-corrected chi connectivity index (χ2v) is 7.15. The number of nitrogens with one attached hydrogen (secondary N) is 1. The lowest BCUT2D eigenvalue weighted by Gasteiger charge is -2.00. The van der Waals surface area contributed by atoms with E-state index < -0.39 is 0 Å². The van der Waals surface area contributed by atoms with E-state index >= 15 is 0 Å². The molecule has 0 bridgehead atoms. The van der Waals surface area contributed by atoms with Crippen molar-refractivity contribution in [1.29, 1.82) is 0 Å². The van der Waals surface area contributed by atoms with Crippen LogP contribution in [0.5, 0.6) is 0 Å². The molecule has 0 atom stereocenters. The molecule has 0 amide bonds. The van der Waals surface area contributed by atoms with Crippen LogP contribution in [0.1, 0.15) is 17.2 Å². The molecule has 0 aromatic carbocycles. The summed E-state index contributed by atoms with van der Waals surface area (Å²) in [6.07, 6.45) is 9.05. The molecule has 0 spiro atoms. The van der Waals surface area contributed by atoms with Crippen molar-refractivity contribution >= 4 is 17.4 Å². The molecule has 10 heteroatoms. The summed E-state index contributed by atoms with van der Waals surface area (Å²) < 4.78 is 3.26. The molecule has 10 nitrogen and oxygen atoms in total. The largest absolute Gasteiger partial charge is 0.275 e. The monoisotopic (exact) mass is 408 g/mol. The molecule has 0 aliphatic heterocycles. The zero-order chi connectivity index (χ0) is 20.9. The maximum absolute atomic E-state index is 4.69. The Morgan fingerprint density at radius 2 is 1.42 bits per heavy atom. The Labute approximate surface area is 175 Å². The number of fused-ring (bicyclic) bond motifs is 2. The van der Waals surface area contributed by atoms with Crippen LogP contribution in [0.2, 0.25) is 0 Å².